The second-order valence-electron chi connectivity index (χ2n) is 2.75. The highest BCUT2D eigenvalue weighted by Gasteiger charge is 2.05. The third-order valence-corrected chi connectivity index (χ3v) is 1.86. The normalized spacial score (nSPS) is 14.8. The Balaban J connectivity index is 2.42. The van der Waals surface area contributed by atoms with Crippen LogP contribution < -0.4 is 5.32 Å². The second-order valence-corrected chi connectivity index (χ2v) is 2.75. The molecule has 2 heterocycles. The Morgan fingerprint density at radius 3 is 3.36 bits per heavy atom. The van der Waals surface area contributed by atoms with Crippen LogP contribution in [0, 0.1) is 0 Å². The molecule has 56 valence electrons. The Morgan fingerprint density at radius 2 is 2.45 bits per heavy atom. The van der Waals surface area contributed by atoms with Crippen molar-refractivity contribution in [3.8, 4) is 0 Å². The van der Waals surface area contributed by atoms with Crippen molar-refractivity contribution < 1.29 is 0 Å². The molecule has 0 spiro atoms. The number of anilines is 1. The molecular weight excluding hydrogens is 136 g/mol. The van der Waals surface area contributed by atoms with Gasteiger partial charge in [-0.3, -0.25) is 4.98 Å². The average molecular weight is 146 g/mol. The molecule has 0 aromatic carbocycles. The van der Waals surface area contributed by atoms with E-state index in [0.29, 0.717) is 0 Å². The molecule has 2 rings (SSSR count). The quantitative estimate of drug-likeness (QED) is 0.605. The van der Waals surface area contributed by atoms with Gasteiger partial charge >= 0.3 is 0 Å². The van der Waals surface area contributed by atoms with E-state index in [-0.39, 0.29) is 0 Å². The predicted octanol–water partition coefficient (Wildman–Crippen LogP) is 1.95. The van der Waals surface area contributed by atoms with Gasteiger partial charge in [0.25, 0.3) is 0 Å². The third kappa shape index (κ3) is 1.11. The number of hydrogen-bond donors (Lipinski definition) is 1. The number of hydrogen-bond acceptors (Lipinski definition) is 2. The predicted molar refractivity (Wildman–Crippen MR) is 45.3 cm³/mol. The van der Waals surface area contributed by atoms with Crippen LogP contribution in [0.5, 0.6) is 0 Å². The van der Waals surface area contributed by atoms with Crippen molar-refractivity contribution in [1.29, 1.82) is 0 Å². The van der Waals surface area contributed by atoms with Gasteiger partial charge in [0.05, 0.1) is 0 Å². The highest BCUT2D eigenvalue weighted by Crippen LogP contribution is 2.20. The maximum absolute atomic E-state index is 4.05. The molecule has 0 atom stereocenters. The molecule has 2 heteroatoms. The number of allylic oxidation sites excluding steroid dienone is 2. The fraction of sp³-hybridized carbons (Fsp3) is 0.222. The van der Waals surface area contributed by atoms with Crippen LogP contribution in [-0.2, 0) is 6.42 Å². The largest absolute Gasteiger partial charge is 0.359 e. The van der Waals surface area contributed by atoms with Crippen molar-refractivity contribution in [3.63, 3.8) is 0 Å². The first-order chi connectivity index (χ1) is 5.36. The zero-order valence-electron chi connectivity index (χ0n) is 6.46. The van der Waals surface area contributed by atoms with E-state index in [1.807, 2.05) is 18.5 Å². The number of rotatable bonds is 0. The fourth-order valence-corrected chi connectivity index (χ4v) is 1.24. The van der Waals surface area contributed by atoms with Gasteiger partial charge < -0.3 is 5.32 Å². The van der Waals surface area contributed by atoms with Crippen molar-refractivity contribution in [2.75, 3.05) is 5.32 Å². The second kappa shape index (κ2) is 2.38. The van der Waals surface area contributed by atoms with Crippen molar-refractivity contribution in [3.05, 3.63) is 35.8 Å². The van der Waals surface area contributed by atoms with Crippen LogP contribution in [0.3, 0.4) is 0 Å². The van der Waals surface area contributed by atoms with Crippen LogP contribution in [0.2, 0.25) is 0 Å². The van der Waals surface area contributed by atoms with Crippen molar-refractivity contribution in [2.45, 2.75) is 13.3 Å². The molecule has 1 aromatic rings. The molecule has 0 radical (unpaired) electrons. The molecule has 1 N–H and O–H groups in total. The maximum Gasteiger partial charge on any atom is 0.0448 e. The Bertz CT molecular complexity index is 302. The molecule has 11 heavy (non-hydrogen) atoms. The summed E-state index contributed by atoms with van der Waals surface area (Å²) in [5.41, 5.74) is 3.70. The van der Waals surface area contributed by atoms with Crippen molar-refractivity contribution in [2.24, 2.45) is 0 Å². The van der Waals surface area contributed by atoms with E-state index >= 15 is 0 Å². The van der Waals surface area contributed by atoms with Crippen molar-refractivity contribution >= 4 is 5.69 Å². The first-order valence-electron chi connectivity index (χ1n) is 3.73. The first-order valence-corrected chi connectivity index (χ1v) is 3.73. The van der Waals surface area contributed by atoms with E-state index < -0.39 is 0 Å². The standard InChI is InChI=1S/C9H10N2/c1-7-2-3-8-6-10-5-4-9(8)11-7/h2,4-6,11H,3H2,1H3. The maximum atomic E-state index is 4.05. The van der Waals surface area contributed by atoms with E-state index in [2.05, 4.69) is 23.3 Å². The minimum Gasteiger partial charge on any atom is -0.359 e. The molecule has 2 nitrogen and oxygen atoms in total. The molecule has 0 aliphatic carbocycles. The lowest BCUT2D eigenvalue weighted by molar-refractivity contribution is 1.12. The summed E-state index contributed by atoms with van der Waals surface area (Å²) in [6, 6.07) is 2.01. The van der Waals surface area contributed by atoms with Gasteiger partial charge in [0.2, 0.25) is 0 Å². The first kappa shape index (κ1) is 6.40. The number of fused-ring (bicyclic) bond motifs is 1. The molecule has 0 saturated carbocycles. The summed E-state index contributed by atoms with van der Waals surface area (Å²) in [5, 5.41) is 3.28. The summed E-state index contributed by atoms with van der Waals surface area (Å²) >= 11 is 0. The van der Waals surface area contributed by atoms with Gasteiger partial charge in [0.1, 0.15) is 0 Å². The van der Waals surface area contributed by atoms with E-state index in [4.69, 9.17) is 0 Å². The minimum absolute atomic E-state index is 1.00. The average Bonchev–Trinajstić information content (AvgIpc) is 2.04. The van der Waals surface area contributed by atoms with Crippen LogP contribution >= 0.6 is 0 Å². The van der Waals surface area contributed by atoms with Crippen molar-refractivity contribution in [1.82, 2.24) is 4.98 Å². The molecule has 0 bridgehead atoms. The third-order valence-electron chi connectivity index (χ3n) is 1.86. The summed E-state index contributed by atoms with van der Waals surface area (Å²) in [4.78, 5) is 4.05. The number of pyridine rings is 1. The smallest absolute Gasteiger partial charge is 0.0448 e. The van der Waals surface area contributed by atoms with E-state index in [1.54, 1.807) is 0 Å². The highest BCUT2D eigenvalue weighted by molar-refractivity contribution is 5.56. The summed E-state index contributed by atoms with van der Waals surface area (Å²) in [7, 11) is 0. The Kier molecular flexibility index (Phi) is 1.39. The monoisotopic (exact) mass is 146 g/mol. The molecular formula is C9H10N2. The lowest BCUT2D eigenvalue weighted by Crippen LogP contribution is -2.05. The van der Waals surface area contributed by atoms with Crippen LogP contribution in [0.15, 0.2) is 30.2 Å². The topological polar surface area (TPSA) is 24.9 Å². The van der Waals surface area contributed by atoms with Crippen LogP contribution in [0.4, 0.5) is 5.69 Å². The fourth-order valence-electron chi connectivity index (χ4n) is 1.24. The lowest BCUT2D eigenvalue weighted by atomic mass is 10.1. The minimum atomic E-state index is 1.00. The Hall–Kier alpha value is -1.31. The summed E-state index contributed by atoms with van der Waals surface area (Å²) in [6.45, 7) is 2.07. The summed E-state index contributed by atoms with van der Waals surface area (Å²) in [6.07, 6.45) is 6.89. The summed E-state index contributed by atoms with van der Waals surface area (Å²) < 4.78 is 0. The molecule has 0 fully saturated rings. The van der Waals surface area contributed by atoms with Gasteiger partial charge in [-0.1, -0.05) is 6.08 Å². The van der Waals surface area contributed by atoms with Crippen LogP contribution in [0.1, 0.15) is 12.5 Å². The number of nitrogens with one attached hydrogen (secondary N) is 1. The summed E-state index contributed by atoms with van der Waals surface area (Å²) in [5.74, 6) is 0. The zero-order valence-corrected chi connectivity index (χ0v) is 6.46. The molecule has 0 saturated heterocycles. The Labute approximate surface area is 66.0 Å². The van der Waals surface area contributed by atoms with Gasteiger partial charge in [-0.25, -0.2) is 0 Å². The highest BCUT2D eigenvalue weighted by atomic mass is 14.9. The lowest BCUT2D eigenvalue weighted by Gasteiger charge is -2.15. The van der Waals surface area contributed by atoms with Gasteiger partial charge in [0.15, 0.2) is 0 Å². The molecule has 0 amide bonds. The SMILES string of the molecule is CC1=CCc2cnccc2N1. The van der Waals surface area contributed by atoms with E-state index in [0.717, 1.165) is 6.42 Å². The van der Waals surface area contributed by atoms with Gasteiger partial charge in [-0.2, -0.15) is 0 Å². The van der Waals surface area contributed by atoms with E-state index in [9.17, 15) is 0 Å². The molecule has 1 aliphatic heterocycles. The van der Waals surface area contributed by atoms with Gasteiger partial charge in [-0.15, -0.1) is 0 Å². The number of aromatic nitrogens is 1. The van der Waals surface area contributed by atoms with E-state index in [1.165, 1.54) is 16.9 Å². The zero-order chi connectivity index (χ0) is 7.68. The van der Waals surface area contributed by atoms with Gasteiger partial charge in [0, 0.05) is 23.8 Å². The Morgan fingerprint density at radius 1 is 1.55 bits per heavy atom. The van der Waals surface area contributed by atoms with Crippen LogP contribution in [-0.4, -0.2) is 4.98 Å². The van der Waals surface area contributed by atoms with Gasteiger partial charge in [-0.05, 0) is 25.0 Å². The molecule has 1 aromatic heterocycles. The molecule has 0 unspecified atom stereocenters. The molecule has 1 aliphatic rings. The number of nitrogens with zero attached hydrogens (tertiary/aromatic N) is 1. The van der Waals surface area contributed by atoms with Crippen LogP contribution in [0.25, 0.3) is 0 Å².